The van der Waals surface area contributed by atoms with Crippen LogP contribution in [0.25, 0.3) is 0 Å². The van der Waals surface area contributed by atoms with Crippen molar-refractivity contribution in [2.75, 3.05) is 12.4 Å². The lowest BCUT2D eigenvalue weighted by Gasteiger charge is -2.21. The van der Waals surface area contributed by atoms with Crippen molar-refractivity contribution in [2.45, 2.75) is 19.5 Å². The van der Waals surface area contributed by atoms with Crippen molar-refractivity contribution in [1.29, 1.82) is 0 Å². The maximum Gasteiger partial charge on any atom is 0.282 e. The lowest BCUT2D eigenvalue weighted by molar-refractivity contribution is -0.908. The molecule has 0 radical (unpaired) electrons. The van der Waals surface area contributed by atoms with Gasteiger partial charge in [-0.1, -0.05) is 53.0 Å². The van der Waals surface area contributed by atoms with Crippen molar-refractivity contribution in [2.24, 2.45) is 0 Å². The number of hydrogen-bond acceptors (Lipinski definition) is 1. The molecule has 0 aliphatic carbocycles. The van der Waals surface area contributed by atoms with Gasteiger partial charge in [0.25, 0.3) is 5.91 Å². The normalized spacial score (nSPS) is 13.4. The topological polar surface area (TPSA) is 33.5 Å². The Morgan fingerprint density at radius 3 is 2.46 bits per heavy atom. The molecule has 0 aliphatic heterocycles. The number of carbonyl (C=O) groups excluding carboxylic acids is 1. The number of anilines is 1. The largest absolute Gasteiger partial charge is 0.324 e. The fraction of sp³-hybridized carbons (Fsp3) is 0.235. The van der Waals surface area contributed by atoms with Gasteiger partial charge in [0.15, 0.2) is 6.04 Å². The summed E-state index contributed by atoms with van der Waals surface area (Å²) in [6.45, 7) is 2.15. The molecule has 2 aromatic carbocycles. The van der Waals surface area contributed by atoms with Crippen LogP contribution in [0.5, 0.6) is 0 Å². The summed E-state index contributed by atoms with van der Waals surface area (Å²) in [6.07, 6.45) is 0. The minimum absolute atomic E-state index is 0.246. The van der Waals surface area contributed by atoms with Gasteiger partial charge >= 0.3 is 0 Å². The van der Waals surface area contributed by atoms with Crippen molar-refractivity contribution in [3.63, 3.8) is 0 Å². The van der Waals surface area contributed by atoms with Crippen molar-refractivity contribution >= 4 is 46.4 Å². The Morgan fingerprint density at radius 1 is 1.17 bits per heavy atom. The Labute approximate surface area is 155 Å². The highest BCUT2D eigenvalue weighted by Gasteiger charge is 2.23. The number of amides is 1. The standard InChI is InChI=1S/C17H16Cl3FN2O/c1-10(23(2)9-11-5-3-4-6-15(11)21)17(24)22-16-8-13(19)12(18)7-14(16)20/h3-8,10H,9H2,1-2H3,(H,22,24)/p+1/t10-/m0/s1. The molecule has 2 aromatic rings. The van der Waals surface area contributed by atoms with E-state index in [0.29, 0.717) is 32.9 Å². The first-order valence-corrected chi connectivity index (χ1v) is 8.44. The zero-order valence-corrected chi connectivity index (χ0v) is 15.4. The van der Waals surface area contributed by atoms with E-state index in [1.165, 1.54) is 18.2 Å². The summed E-state index contributed by atoms with van der Waals surface area (Å²) < 4.78 is 13.7. The van der Waals surface area contributed by atoms with Crippen LogP contribution >= 0.6 is 34.8 Å². The highest BCUT2D eigenvalue weighted by Crippen LogP contribution is 2.32. The first kappa shape index (κ1) is 19.0. The predicted octanol–water partition coefficient (Wildman–Crippen LogP) is 3.83. The minimum atomic E-state index is -0.421. The molecule has 0 heterocycles. The van der Waals surface area contributed by atoms with Crippen molar-refractivity contribution in [3.8, 4) is 0 Å². The van der Waals surface area contributed by atoms with E-state index in [0.717, 1.165) is 4.90 Å². The molecular formula is C17H17Cl3FN2O+. The van der Waals surface area contributed by atoms with Gasteiger partial charge in [-0.25, -0.2) is 4.39 Å². The van der Waals surface area contributed by atoms with E-state index < -0.39 is 6.04 Å². The zero-order valence-electron chi connectivity index (χ0n) is 13.2. The second-order valence-electron chi connectivity index (χ2n) is 5.57. The number of quaternary nitrogens is 1. The summed E-state index contributed by atoms with van der Waals surface area (Å²) in [5, 5.41) is 3.65. The quantitative estimate of drug-likeness (QED) is 0.748. The maximum atomic E-state index is 13.7. The van der Waals surface area contributed by atoms with Crippen LogP contribution < -0.4 is 10.2 Å². The van der Waals surface area contributed by atoms with Gasteiger partial charge < -0.3 is 10.2 Å². The van der Waals surface area contributed by atoms with Gasteiger partial charge in [-0.3, -0.25) is 4.79 Å². The molecule has 0 aliphatic rings. The van der Waals surface area contributed by atoms with Crippen molar-refractivity contribution in [1.82, 2.24) is 0 Å². The van der Waals surface area contributed by atoms with Gasteiger partial charge in [0, 0.05) is 5.56 Å². The fourth-order valence-electron chi connectivity index (χ4n) is 2.18. The summed E-state index contributed by atoms with van der Waals surface area (Å²) in [4.78, 5) is 13.3. The van der Waals surface area contributed by atoms with Crippen LogP contribution in [0.1, 0.15) is 12.5 Å². The Kier molecular flexibility index (Phi) is 6.47. The molecule has 2 atom stereocenters. The summed E-state index contributed by atoms with van der Waals surface area (Å²) in [7, 11) is 1.83. The number of rotatable bonds is 5. The number of benzene rings is 2. The Bertz CT molecular complexity index is 755. The second kappa shape index (κ2) is 8.17. The molecule has 1 unspecified atom stereocenters. The molecule has 0 bridgehead atoms. The fourth-order valence-corrected chi connectivity index (χ4v) is 2.77. The van der Waals surface area contributed by atoms with Gasteiger partial charge in [0.2, 0.25) is 0 Å². The monoisotopic (exact) mass is 389 g/mol. The van der Waals surface area contributed by atoms with Gasteiger partial charge in [0.05, 0.1) is 27.8 Å². The lowest BCUT2D eigenvalue weighted by Crippen LogP contribution is -3.12. The zero-order chi connectivity index (χ0) is 17.9. The van der Waals surface area contributed by atoms with Gasteiger partial charge in [0.1, 0.15) is 12.4 Å². The molecule has 1 amide bonds. The molecule has 0 aromatic heterocycles. The van der Waals surface area contributed by atoms with Crippen LogP contribution in [-0.2, 0) is 11.3 Å². The lowest BCUT2D eigenvalue weighted by atomic mass is 10.1. The van der Waals surface area contributed by atoms with E-state index in [9.17, 15) is 9.18 Å². The predicted molar refractivity (Wildman–Crippen MR) is 96.6 cm³/mol. The van der Waals surface area contributed by atoms with Crippen LogP contribution in [0.4, 0.5) is 10.1 Å². The number of nitrogens with one attached hydrogen (secondary N) is 2. The van der Waals surface area contributed by atoms with E-state index in [2.05, 4.69) is 5.32 Å². The highest BCUT2D eigenvalue weighted by molar-refractivity contribution is 6.44. The molecule has 2 rings (SSSR count). The highest BCUT2D eigenvalue weighted by atomic mass is 35.5. The summed E-state index contributed by atoms with van der Waals surface area (Å²) in [5.74, 6) is -0.527. The van der Waals surface area contributed by atoms with Crippen molar-refractivity contribution < 1.29 is 14.1 Å². The molecule has 0 fully saturated rings. The second-order valence-corrected chi connectivity index (χ2v) is 6.79. The van der Waals surface area contributed by atoms with Crippen LogP contribution in [-0.4, -0.2) is 19.0 Å². The SMILES string of the molecule is C[C@@H](C(=O)Nc1cc(Cl)c(Cl)cc1Cl)[NH+](C)Cc1ccccc1F. The molecule has 0 spiro atoms. The Hall–Kier alpha value is -1.33. The first-order chi connectivity index (χ1) is 11.3. The smallest absolute Gasteiger partial charge is 0.282 e. The summed E-state index contributed by atoms with van der Waals surface area (Å²) >= 11 is 17.9. The number of halogens is 4. The van der Waals surface area contributed by atoms with E-state index in [-0.39, 0.29) is 11.7 Å². The molecule has 0 saturated carbocycles. The van der Waals surface area contributed by atoms with Gasteiger partial charge in [-0.2, -0.15) is 0 Å². The van der Waals surface area contributed by atoms with E-state index in [4.69, 9.17) is 34.8 Å². The minimum Gasteiger partial charge on any atom is -0.324 e. The summed E-state index contributed by atoms with van der Waals surface area (Å²) in [5.41, 5.74) is 0.948. The third kappa shape index (κ3) is 4.61. The van der Waals surface area contributed by atoms with Crippen LogP contribution in [0.2, 0.25) is 15.1 Å². The van der Waals surface area contributed by atoms with Gasteiger partial charge in [-0.05, 0) is 25.1 Å². The molecule has 3 nitrogen and oxygen atoms in total. The molecule has 128 valence electrons. The third-order valence-electron chi connectivity index (χ3n) is 3.83. The van der Waals surface area contributed by atoms with E-state index in [1.54, 1.807) is 25.1 Å². The third-order valence-corrected chi connectivity index (χ3v) is 4.86. The molecular weight excluding hydrogens is 374 g/mol. The molecule has 0 saturated heterocycles. The Morgan fingerprint density at radius 2 is 1.79 bits per heavy atom. The average Bonchev–Trinajstić information content (AvgIpc) is 2.53. The Balaban J connectivity index is 2.06. The maximum absolute atomic E-state index is 13.7. The van der Waals surface area contributed by atoms with Crippen LogP contribution in [0, 0.1) is 5.82 Å². The number of hydrogen-bond donors (Lipinski definition) is 2. The number of likely N-dealkylation sites (N-methyl/N-ethyl adjacent to an activating group) is 1. The van der Waals surface area contributed by atoms with Crippen LogP contribution in [0.3, 0.4) is 0 Å². The van der Waals surface area contributed by atoms with Crippen molar-refractivity contribution in [3.05, 3.63) is 62.8 Å². The number of carbonyl (C=O) groups is 1. The van der Waals surface area contributed by atoms with Crippen LogP contribution in [0.15, 0.2) is 36.4 Å². The van der Waals surface area contributed by atoms with Gasteiger partial charge in [-0.15, -0.1) is 0 Å². The molecule has 24 heavy (non-hydrogen) atoms. The molecule has 2 N–H and O–H groups in total. The summed E-state index contributed by atoms with van der Waals surface area (Å²) in [6, 6.07) is 9.07. The van der Waals surface area contributed by atoms with E-state index >= 15 is 0 Å². The first-order valence-electron chi connectivity index (χ1n) is 7.30. The molecule has 7 heteroatoms. The van der Waals surface area contributed by atoms with E-state index in [1.807, 2.05) is 7.05 Å². The average molecular weight is 391 g/mol.